The SMILES string of the molecule is CC(C)(O)CCN=Cc1cc(NC(=O)c2cccc([N+](=O)[O-])c2)c(-c2ccc(C(=O)NCC(N)=O)cc2)cc1N. The van der Waals surface area contributed by atoms with Crippen molar-refractivity contribution in [1.82, 2.24) is 5.32 Å². The molecule has 0 aliphatic carbocycles. The van der Waals surface area contributed by atoms with E-state index in [1.54, 1.807) is 56.5 Å². The number of nitrogen functional groups attached to an aromatic ring is 1. The summed E-state index contributed by atoms with van der Waals surface area (Å²) in [4.78, 5) is 51.2. The first-order valence-electron chi connectivity index (χ1n) is 12.2. The van der Waals surface area contributed by atoms with Crippen molar-refractivity contribution in [3.8, 4) is 11.1 Å². The van der Waals surface area contributed by atoms with E-state index < -0.39 is 28.2 Å². The molecule has 0 heterocycles. The van der Waals surface area contributed by atoms with E-state index in [1.165, 1.54) is 24.3 Å². The Balaban J connectivity index is 1.97. The van der Waals surface area contributed by atoms with Gasteiger partial charge in [0.05, 0.1) is 17.1 Å². The molecule has 3 amide bonds. The van der Waals surface area contributed by atoms with Crippen molar-refractivity contribution < 1.29 is 24.4 Å². The smallest absolute Gasteiger partial charge is 0.270 e. The molecule has 0 aliphatic rings. The Labute approximate surface area is 230 Å². The molecule has 0 radical (unpaired) electrons. The molecule has 3 aromatic rings. The summed E-state index contributed by atoms with van der Waals surface area (Å²) in [5.41, 5.74) is 13.0. The normalized spacial score (nSPS) is 11.3. The zero-order valence-corrected chi connectivity index (χ0v) is 22.0. The van der Waals surface area contributed by atoms with Gasteiger partial charge in [0.25, 0.3) is 17.5 Å². The van der Waals surface area contributed by atoms with Crippen LogP contribution in [0.15, 0.2) is 65.7 Å². The summed E-state index contributed by atoms with van der Waals surface area (Å²) in [5, 5.41) is 26.3. The first kappa shape index (κ1) is 29.5. The zero-order chi connectivity index (χ0) is 29.4. The maximum atomic E-state index is 13.1. The highest BCUT2D eigenvalue weighted by Gasteiger charge is 2.17. The molecule has 0 saturated heterocycles. The molecular formula is C28H30N6O6. The van der Waals surface area contributed by atoms with Crippen molar-refractivity contribution >= 4 is 41.0 Å². The lowest BCUT2D eigenvalue weighted by Crippen LogP contribution is -2.33. The van der Waals surface area contributed by atoms with Crippen molar-refractivity contribution in [1.29, 1.82) is 0 Å². The molecule has 0 aromatic heterocycles. The molecule has 12 nitrogen and oxygen atoms in total. The molecule has 40 heavy (non-hydrogen) atoms. The molecule has 0 spiro atoms. The number of nitro groups is 1. The van der Waals surface area contributed by atoms with Gasteiger partial charge in [-0.05, 0) is 56.2 Å². The number of aliphatic imine (C=N–C) groups is 1. The van der Waals surface area contributed by atoms with Crippen LogP contribution < -0.4 is 22.1 Å². The van der Waals surface area contributed by atoms with E-state index >= 15 is 0 Å². The fourth-order valence-corrected chi connectivity index (χ4v) is 3.61. The second-order valence-electron chi connectivity index (χ2n) is 9.61. The molecule has 0 saturated carbocycles. The maximum Gasteiger partial charge on any atom is 0.270 e. The highest BCUT2D eigenvalue weighted by atomic mass is 16.6. The molecule has 0 aliphatic heterocycles. The molecule has 3 rings (SSSR count). The third-order valence-corrected chi connectivity index (χ3v) is 5.75. The van der Waals surface area contributed by atoms with Crippen LogP contribution in [0.2, 0.25) is 0 Å². The van der Waals surface area contributed by atoms with E-state index in [4.69, 9.17) is 11.5 Å². The van der Waals surface area contributed by atoms with Crippen LogP contribution >= 0.6 is 0 Å². The Morgan fingerprint density at radius 2 is 1.75 bits per heavy atom. The highest BCUT2D eigenvalue weighted by Crippen LogP contribution is 2.33. The summed E-state index contributed by atoms with van der Waals surface area (Å²) < 4.78 is 0. The number of nitrogens with zero attached hydrogens (tertiary/aromatic N) is 2. The van der Waals surface area contributed by atoms with Gasteiger partial charge in [0, 0.05) is 58.5 Å². The summed E-state index contributed by atoms with van der Waals surface area (Å²) in [6.45, 7) is 3.41. The van der Waals surface area contributed by atoms with Crippen LogP contribution in [0.25, 0.3) is 11.1 Å². The minimum Gasteiger partial charge on any atom is -0.398 e. The van der Waals surface area contributed by atoms with E-state index in [1.807, 2.05) is 0 Å². The van der Waals surface area contributed by atoms with Crippen molar-refractivity contribution in [2.24, 2.45) is 10.7 Å². The van der Waals surface area contributed by atoms with E-state index in [2.05, 4.69) is 15.6 Å². The Kier molecular flexibility index (Phi) is 9.30. The number of nitrogens with two attached hydrogens (primary N) is 2. The van der Waals surface area contributed by atoms with E-state index in [0.717, 1.165) is 0 Å². The van der Waals surface area contributed by atoms with Crippen molar-refractivity contribution in [3.63, 3.8) is 0 Å². The summed E-state index contributed by atoms with van der Waals surface area (Å²) in [6, 6.07) is 15.0. The third-order valence-electron chi connectivity index (χ3n) is 5.75. The lowest BCUT2D eigenvalue weighted by Gasteiger charge is -2.16. The zero-order valence-electron chi connectivity index (χ0n) is 22.0. The number of amides is 3. The summed E-state index contributed by atoms with van der Waals surface area (Å²) in [5.74, 6) is -1.74. The van der Waals surface area contributed by atoms with Gasteiger partial charge in [-0.1, -0.05) is 18.2 Å². The molecule has 0 atom stereocenters. The average molecular weight is 547 g/mol. The van der Waals surface area contributed by atoms with Crippen LogP contribution in [0.4, 0.5) is 17.1 Å². The third kappa shape index (κ3) is 8.20. The van der Waals surface area contributed by atoms with Gasteiger partial charge in [0.2, 0.25) is 5.91 Å². The van der Waals surface area contributed by atoms with Crippen LogP contribution in [0, 0.1) is 10.1 Å². The number of non-ortho nitro benzene ring substituents is 1. The number of carbonyl (C=O) groups excluding carboxylic acids is 3. The molecule has 12 heteroatoms. The van der Waals surface area contributed by atoms with Crippen LogP contribution in [0.3, 0.4) is 0 Å². The Hall–Kier alpha value is -5.10. The molecule has 7 N–H and O–H groups in total. The molecule has 208 valence electrons. The first-order chi connectivity index (χ1) is 18.8. The number of anilines is 2. The van der Waals surface area contributed by atoms with E-state index in [-0.39, 0.29) is 23.4 Å². The fourth-order valence-electron chi connectivity index (χ4n) is 3.61. The van der Waals surface area contributed by atoms with Crippen LogP contribution in [0.5, 0.6) is 0 Å². The topological polar surface area (TPSA) is 203 Å². The Morgan fingerprint density at radius 3 is 2.38 bits per heavy atom. The number of benzene rings is 3. The quantitative estimate of drug-likeness (QED) is 0.105. The van der Waals surface area contributed by atoms with Gasteiger partial charge in [-0.15, -0.1) is 0 Å². The van der Waals surface area contributed by atoms with Gasteiger partial charge >= 0.3 is 0 Å². The lowest BCUT2D eigenvalue weighted by atomic mass is 9.98. The predicted octanol–water partition coefficient (Wildman–Crippen LogP) is 2.89. The molecule has 0 unspecified atom stereocenters. The Bertz CT molecular complexity index is 1460. The van der Waals surface area contributed by atoms with Crippen LogP contribution in [-0.2, 0) is 4.79 Å². The monoisotopic (exact) mass is 546 g/mol. The van der Waals surface area contributed by atoms with E-state index in [0.29, 0.717) is 41.0 Å². The van der Waals surface area contributed by atoms with Gasteiger partial charge in [-0.3, -0.25) is 29.5 Å². The fraction of sp³-hybridized carbons (Fsp3) is 0.214. The van der Waals surface area contributed by atoms with Gasteiger partial charge < -0.3 is 27.2 Å². The number of hydrogen-bond donors (Lipinski definition) is 5. The number of carbonyl (C=O) groups is 3. The minimum atomic E-state index is -0.882. The van der Waals surface area contributed by atoms with Gasteiger partial charge in [-0.2, -0.15) is 0 Å². The number of hydrogen-bond acceptors (Lipinski definition) is 8. The molecule has 3 aromatic carbocycles. The van der Waals surface area contributed by atoms with Gasteiger partial charge in [0.1, 0.15) is 0 Å². The minimum absolute atomic E-state index is 0.0823. The van der Waals surface area contributed by atoms with Crippen molar-refractivity contribution in [3.05, 3.63) is 87.5 Å². The standard InChI is InChI=1S/C28H30N6O6/c1-28(2,38)10-11-31-15-20-13-24(33-27(37)19-4-3-5-21(12-19)34(39)40)22(14-23(20)29)17-6-8-18(9-7-17)26(36)32-16-25(30)35/h3-9,12-15,38H,10-11,16,29H2,1-2H3,(H2,30,35)(H,32,36)(H,33,37). The number of rotatable bonds is 11. The van der Waals surface area contributed by atoms with Crippen LogP contribution in [0.1, 0.15) is 46.5 Å². The molecule has 0 fully saturated rings. The largest absolute Gasteiger partial charge is 0.398 e. The predicted molar refractivity (Wildman–Crippen MR) is 152 cm³/mol. The van der Waals surface area contributed by atoms with Crippen molar-refractivity contribution in [2.75, 3.05) is 24.1 Å². The summed E-state index contributed by atoms with van der Waals surface area (Å²) in [7, 11) is 0. The van der Waals surface area contributed by atoms with Gasteiger partial charge in [0.15, 0.2) is 0 Å². The van der Waals surface area contributed by atoms with Gasteiger partial charge in [-0.25, -0.2) is 0 Å². The molecule has 0 bridgehead atoms. The van der Waals surface area contributed by atoms with Crippen molar-refractivity contribution in [2.45, 2.75) is 25.9 Å². The number of nitrogens with one attached hydrogen (secondary N) is 2. The lowest BCUT2D eigenvalue weighted by molar-refractivity contribution is -0.384. The number of nitro benzene ring substituents is 1. The average Bonchev–Trinajstić information content (AvgIpc) is 2.90. The van der Waals surface area contributed by atoms with Crippen LogP contribution in [-0.4, -0.2) is 52.7 Å². The summed E-state index contributed by atoms with van der Waals surface area (Å²) in [6.07, 6.45) is 1.97. The first-order valence-corrected chi connectivity index (χ1v) is 12.2. The maximum absolute atomic E-state index is 13.1. The highest BCUT2D eigenvalue weighted by molar-refractivity contribution is 6.08. The second kappa shape index (κ2) is 12.6. The number of primary amides is 1. The Morgan fingerprint density at radius 1 is 1.05 bits per heavy atom. The molecular weight excluding hydrogens is 516 g/mol. The summed E-state index contributed by atoms with van der Waals surface area (Å²) >= 11 is 0. The van der Waals surface area contributed by atoms with E-state index in [9.17, 15) is 29.6 Å². The number of aliphatic hydroxyl groups is 1. The second-order valence-corrected chi connectivity index (χ2v) is 9.61.